The van der Waals surface area contributed by atoms with Crippen molar-refractivity contribution >= 4 is 28.7 Å². The number of ketones is 1. The number of carbonyl (C=O) groups is 1. The van der Waals surface area contributed by atoms with Crippen molar-refractivity contribution in [3.8, 4) is 0 Å². The number of nitrogens with two attached hydrogens (primary N) is 1. The van der Waals surface area contributed by atoms with Crippen LogP contribution in [0.5, 0.6) is 0 Å². The fourth-order valence-corrected chi connectivity index (χ4v) is 1.45. The van der Waals surface area contributed by atoms with Crippen LogP contribution in [0.4, 0.5) is 5.69 Å². The van der Waals surface area contributed by atoms with Gasteiger partial charge in [-0.1, -0.05) is 11.6 Å². The average molecular weight is 210 g/mol. The molecular formula is C9H8ClN3O. The highest BCUT2D eigenvalue weighted by Crippen LogP contribution is 2.23. The Bertz CT molecular complexity index is 518. The van der Waals surface area contributed by atoms with Gasteiger partial charge in [0, 0.05) is 13.1 Å². The molecule has 2 N–H and O–H groups in total. The van der Waals surface area contributed by atoms with Crippen molar-refractivity contribution in [3.63, 3.8) is 0 Å². The van der Waals surface area contributed by atoms with Gasteiger partial charge in [0.1, 0.15) is 5.69 Å². The molecule has 2 rings (SSSR count). The predicted molar refractivity (Wildman–Crippen MR) is 54.6 cm³/mol. The van der Waals surface area contributed by atoms with Crippen LogP contribution in [-0.2, 0) is 0 Å². The number of nitrogen functional groups attached to an aromatic ring is 1. The van der Waals surface area contributed by atoms with Gasteiger partial charge in [0.15, 0.2) is 11.4 Å². The molecule has 0 aromatic carbocycles. The maximum atomic E-state index is 11.2. The zero-order valence-electron chi connectivity index (χ0n) is 7.49. The smallest absolute Gasteiger partial charge is 0.178 e. The standard InChI is InChI=1S/C9H8ClN3O/c1-5(14)7-4-12-9-8(11)6(10)2-3-13(7)9/h2-4H,11H2,1H3. The number of Topliss-reactive ketones (excluding diaryl/α,β-unsaturated/α-hetero) is 1. The highest BCUT2D eigenvalue weighted by atomic mass is 35.5. The third-order valence-corrected chi connectivity index (χ3v) is 2.36. The van der Waals surface area contributed by atoms with Crippen molar-refractivity contribution in [2.75, 3.05) is 5.73 Å². The highest BCUT2D eigenvalue weighted by Gasteiger charge is 2.10. The maximum Gasteiger partial charge on any atom is 0.178 e. The number of fused-ring (bicyclic) bond motifs is 1. The lowest BCUT2D eigenvalue weighted by Crippen LogP contribution is -2.00. The summed E-state index contributed by atoms with van der Waals surface area (Å²) in [5.41, 5.74) is 7.12. The molecule has 2 heterocycles. The average Bonchev–Trinajstić information content (AvgIpc) is 2.55. The number of pyridine rings is 1. The number of rotatable bonds is 1. The number of imidazole rings is 1. The fourth-order valence-electron chi connectivity index (χ4n) is 1.31. The summed E-state index contributed by atoms with van der Waals surface area (Å²) in [7, 11) is 0. The van der Waals surface area contributed by atoms with E-state index in [-0.39, 0.29) is 5.78 Å². The van der Waals surface area contributed by atoms with Crippen LogP contribution in [0.15, 0.2) is 18.5 Å². The fraction of sp³-hybridized carbons (Fsp3) is 0.111. The van der Waals surface area contributed by atoms with Gasteiger partial charge in [-0.25, -0.2) is 4.98 Å². The van der Waals surface area contributed by atoms with Gasteiger partial charge in [-0.15, -0.1) is 0 Å². The molecule has 0 saturated carbocycles. The summed E-state index contributed by atoms with van der Waals surface area (Å²) in [6, 6.07) is 1.64. The monoisotopic (exact) mass is 209 g/mol. The van der Waals surface area contributed by atoms with E-state index < -0.39 is 0 Å². The van der Waals surface area contributed by atoms with Crippen LogP contribution in [0.3, 0.4) is 0 Å². The van der Waals surface area contributed by atoms with Gasteiger partial charge in [0.2, 0.25) is 0 Å². The highest BCUT2D eigenvalue weighted by molar-refractivity contribution is 6.33. The molecule has 0 radical (unpaired) electrons. The lowest BCUT2D eigenvalue weighted by molar-refractivity contribution is 0.101. The van der Waals surface area contributed by atoms with Crippen LogP contribution in [0.2, 0.25) is 5.02 Å². The molecule has 0 fully saturated rings. The van der Waals surface area contributed by atoms with Gasteiger partial charge < -0.3 is 5.73 Å². The molecule has 5 heteroatoms. The van der Waals surface area contributed by atoms with Crippen LogP contribution in [-0.4, -0.2) is 15.2 Å². The Morgan fingerprint density at radius 3 is 3.00 bits per heavy atom. The first-order chi connectivity index (χ1) is 6.61. The van der Waals surface area contributed by atoms with Crippen LogP contribution in [0, 0.1) is 0 Å². The van der Waals surface area contributed by atoms with Gasteiger partial charge >= 0.3 is 0 Å². The number of carbonyl (C=O) groups excluding carboxylic acids is 1. The summed E-state index contributed by atoms with van der Waals surface area (Å²) < 4.78 is 1.63. The quantitative estimate of drug-likeness (QED) is 0.729. The lowest BCUT2D eigenvalue weighted by Gasteiger charge is -2.01. The molecule has 2 aromatic rings. The normalized spacial score (nSPS) is 10.7. The molecule has 0 aliphatic rings. The van der Waals surface area contributed by atoms with Crippen molar-refractivity contribution in [3.05, 3.63) is 29.2 Å². The van der Waals surface area contributed by atoms with Crippen LogP contribution >= 0.6 is 11.6 Å². The molecule has 0 spiro atoms. The second-order valence-corrected chi connectivity index (χ2v) is 3.38. The Morgan fingerprint density at radius 1 is 1.64 bits per heavy atom. The summed E-state index contributed by atoms with van der Waals surface area (Å²) in [5.74, 6) is -0.0563. The van der Waals surface area contributed by atoms with E-state index in [2.05, 4.69) is 4.98 Å². The number of aromatic nitrogens is 2. The minimum absolute atomic E-state index is 0.0563. The first-order valence-corrected chi connectivity index (χ1v) is 4.41. The summed E-state index contributed by atoms with van der Waals surface area (Å²) in [6.07, 6.45) is 3.17. The third kappa shape index (κ3) is 1.15. The number of halogens is 1. The van der Waals surface area contributed by atoms with Crippen molar-refractivity contribution in [2.24, 2.45) is 0 Å². The van der Waals surface area contributed by atoms with Gasteiger partial charge in [-0.3, -0.25) is 9.20 Å². The first kappa shape index (κ1) is 9.02. The van der Waals surface area contributed by atoms with Gasteiger partial charge in [0.25, 0.3) is 0 Å². The molecule has 0 amide bonds. The number of hydrogen-bond donors (Lipinski definition) is 1. The zero-order chi connectivity index (χ0) is 10.3. The van der Waals surface area contributed by atoms with E-state index in [0.717, 1.165) is 0 Å². The molecule has 0 saturated heterocycles. The predicted octanol–water partition coefficient (Wildman–Crippen LogP) is 1.77. The molecule has 0 bridgehead atoms. The topological polar surface area (TPSA) is 60.4 Å². The van der Waals surface area contributed by atoms with E-state index in [1.165, 1.54) is 13.1 Å². The SMILES string of the molecule is CC(=O)c1cnc2c(N)c(Cl)ccn12. The Morgan fingerprint density at radius 2 is 2.36 bits per heavy atom. The minimum Gasteiger partial charge on any atom is -0.394 e. The Kier molecular flexibility index (Phi) is 1.93. The van der Waals surface area contributed by atoms with E-state index in [0.29, 0.717) is 22.1 Å². The molecule has 0 atom stereocenters. The molecule has 72 valence electrons. The van der Waals surface area contributed by atoms with Crippen LogP contribution in [0.1, 0.15) is 17.4 Å². The van der Waals surface area contributed by atoms with Crippen molar-refractivity contribution < 1.29 is 4.79 Å². The second-order valence-electron chi connectivity index (χ2n) is 2.97. The molecule has 0 unspecified atom stereocenters. The van der Waals surface area contributed by atoms with Crippen molar-refractivity contribution in [1.29, 1.82) is 0 Å². The lowest BCUT2D eigenvalue weighted by atomic mass is 10.3. The number of anilines is 1. The second kappa shape index (κ2) is 2.99. The molecule has 14 heavy (non-hydrogen) atoms. The van der Waals surface area contributed by atoms with Crippen LogP contribution < -0.4 is 5.73 Å². The van der Waals surface area contributed by atoms with E-state index in [9.17, 15) is 4.79 Å². The molecular weight excluding hydrogens is 202 g/mol. The molecule has 2 aromatic heterocycles. The minimum atomic E-state index is -0.0563. The summed E-state index contributed by atoms with van der Waals surface area (Å²) in [6.45, 7) is 1.48. The van der Waals surface area contributed by atoms with Crippen LogP contribution in [0.25, 0.3) is 5.65 Å². The molecule has 0 aliphatic heterocycles. The van der Waals surface area contributed by atoms with Crippen molar-refractivity contribution in [1.82, 2.24) is 9.38 Å². The number of nitrogens with zero attached hydrogens (tertiary/aromatic N) is 2. The summed E-state index contributed by atoms with van der Waals surface area (Å²) in [4.78, 5) is 15.2. The Hall–Kier alpha value is -1.55. The Balaban J connectivity index is 2.83. The number of hydrogen-bond acceptors (Lipinski definition) is 3. The summed E-state index contributed by atoms with van der Waals surface area (Å²) >= 11 is 5.81. The largest absolute Gasteiger partial charge is 0.394 e. The van der Waals surface area contributed by atoms with E-state index in [1.807, 2.05) is 0 Å². The Labute approximate surface area is 85.3 Å². The van der Waals surface area contributed by atoms with Gasteiger partial charge in [-0.05, 0) is 6.07 Å². The zero-order valence-corrected chi connectivity index (χ0v) is 8.25. The third-order valence-electron chi connectivity index (χ3n) is 2.03. The van der Waals surface area contributed by atoms with Crippen molar-refractivity contribution in [2.45, 2.75) is 6.92 Å². The first-order valence-electron chi connectivity index (χ1n) is 4.03. The summed E-state index contributed by atoms with van der Waals surface area (Å²) in [5, 5.41) is 0.443. The maximum absolute atomic E-state index is 11.2. The molecule has 0 aliphatic carbocycles. The van der Waals surface area contributed by atoms with E-state index in [1.54, 1.807) is 16.7 Å². The van der Waals surface area contributed by atoms with Gasteiger partial charge in [0.05, 0.1) is 16.9 Å². The van der Waals surface area contributed by atoms with Gasteiger partial charge in [-0.2, -0.15) is 0 Å². The van der Waals surface area contributed by atoms with E-state index in [4.69, 9.17) is 17.3 Å². The molecule has 4 nitrogen and oxygen atoms in total. The van der Waals surface area contributed by atoms with E-state index >= 15 is 0 Å².